The fourth-order valence-corrected chi connectivity index (χ4v) is 2.39. The Balaban J connectivity index is 2.56. The molecule has 0 radical (unpaired) electrons. The van der Waals surface area contributed by atoms with Gasteiger partial charge < -0.3 is 9.47 Å². The third-order valence-electron chi connectivity index (χ3n) is 3.56. The van der Waals surface area contributed by atoms with Crippen LogP contribution in [0.15, 0.2) is 0 Å². The fourth-order valence-electron chi connectivity index (χ4n) is 2.39. The Morgan fingerprint density at radius 2 is 2.12 bits per heavy atom. The number of methoxy groups -OCH3 is 2. The lowest BCUT2D eigenvalue weighted by Crippen LogP contribution is -2.49. The maximum absolute atomic E-state index is 11.6. The minimum atomic E-state index is -0.114. The number of hydrogen-bond acceptors (Lipinski definition) is 4. The fraction of sp³-hybridized carbons (Fsp3) is 0.917. The molecule has 0 aromatic rings. The van der Waals surface area contributed by atoms with Crippen molar-refractivity contribution in [1.82, 2.24) is 4.90 Å². The number of carbonyl (C=O) groups excluding carboxylic acids is 1. The molecule has 1 aliphatic heterocycles. The highest BCUT2D eigenvalue weighted by Crippen LogP contribution is 2.25. The molecule has 4 nitrogen and oxygen atoms in total. The van der Waals surface area contributed by atoms with Crippen LogP contribution < -0.4 is 0 Å². The summed E-state index contributed by atoms with van der Waals surface area (Å²) in [5.74, 6) is -0.114. The van der Waals surface area contributed by atoms with Gasteiger partial charge >= 0.3 is 5.97 Å². The number of ether oxygens (including phenoxy) is 2. The molecule has 0 N–H and O–H groups in total. The van der Waals surface area contributed by atoms with E-state index in [1.165, 1.54) is 7.11 Å². The highest BCUT2D eigenvalue weighted by atomic mass is 16.5. The van der Waals surface area contributed by atoms with Crippen LogP contribution >= 0.6 is 0 Å². The van der Waals surface area contributed by atoms with Crippen LogP contribution in [0.2, 0.25) is 0 Å². The molecular weight excluding hydrogens is 206 g/mol. The molecule has 94 valence electrons. The van der Waals surface area contributed by atoms with Crippen LogP contribution in [-0.4, -0.2) is 50.3 Å². The maximum atomic E-state index is 11.6. The summed E-state index contributed by atoms with van der Waals surface area (Å²) in [5.41, 5.74) is 0. The van der Waals surface area contributed by atoms with Crippen molar-refractivity contribution in [3.05, 3.63) is 0 Å². The van der Waals surface area contributed by atoms with Gasteiger partial charge in [0.15, 0.2) is 0 Å². The van der Waals surface area contributed by atoms with Crippen LogP contribution in [0.3, 0.4) is 0 Å². The topological polar surface area (TPSA) is 38.8 Å². The summed E-state index contributed by atoms with van der Waals surface area (Å²) in [5, 5.41) is 0. The second kappa shape index (κ2) is 6.21. The molecule has 1 fully saturated rings. The minimum Gasteiger partial charge on any atom is -0.468 e. The van der Waals surface area contributed by atoms with E-state index in [4.69, 9.17) is 9.47 Å². The lowest BCUT2D eigenvalue weighted by atomic mass is 9.93. The molecule has 1 saturated heterocycles. The SMILES string of the molecule is COC(=O)C1CCCC(CC(C)OC)N1C. The smallest absolute Gasteiger partial charge is 0.323 e. The van der Waals surface area contributed by atoms with Gasteiger partial charge in [0.2, 0.25) is 0 Å². The lowest BCUT2D eigenvalue weighted by molar-refractivity contribution is -0.149. The first-order valence-corrected chi connectivity index (χ1v) is 5.92. The lowest BCUT2D eigenvalue weighted by Gasteiger charge is -2.38. The van der Waals surface area contributed by atoms with E-state index < -0.39 is 0 Å². The third-order valence-corrected chi connectivity index (χ3v) is 3.56. The monoisotopic (exact) mass is 229 g/mol. The van der Waals surface area contributed by atoms with Crippen LogP contribution in [0.5, 0.6) is 0 Å². The van der Waals surface area contributed by atoms with Crippen molar-refractivity contribution >= 4 is 5.97 Å². The summed E-state index contributed by atoms with van der Waals surface area (Å²) in [7, 11) is 5.19. The second-order valence-electron chi connectivity index (χ2n) is 4.57. The Labute approximate surface area is 97.9 Å². The number of carbonyl (C=O) groups is 1. The number of likely N-dealkylation sites (N-methyl/N-ethyl adjacent to an activating group) is 1. The van der Waals surface area contributed by atoms with Crippen molar-refractivity contribution in [3.8, 4) is 0 Å². The van der Waals surface area contributed by atoms with Gasteiger partial charge in [0.1, 0.15) is 6.04 Å². The van der Waals surface area contributed by atoms with Crippen molar-refractivity contribution in [1.29, 1.82) is 0 Å². The van der Waals surface area contributed by atoms with Crippen LogP contribution in [0.25, 0.3) is 0 Å². The molecule has 1 heterocycles. The van der Waals surface area contributed by atoms with E-state index >= 15 is 0 Å². The first-order valence-electron chi connectivity index (χ1n) is 5.92. The predicted octanol–water partition coefficient (Wildman–Crippen LogP) is 1.44. The average molecular weight is 229 g/mol. The molecular formula is C12H23NO3. The van der Waals surface area contributed by atoms with Gasteiger partial charge in [-0.2, -0.15) is 0 Å². The van der Waals surface area contributed by atoms with Gasteiger partial charge in [-0.25, -0.2) is 0 Å². The highest BCUT2D eigenvalue weighted by Gasteiger charge is 2.33. The van der Waals surface area contributed by atoms with Crippen LogP contribution in [0.1, 0.15) is 32.6 Å². The zero-order valence-electron chi connectivity index (χ0n) is 10.7. The summed E-state index contributed by atoms with van der Waals surface area (Å²) in [6, 6.07) is 0.348. The maximum Gasteiger partial charge on any atom is 0.323 e. The Kier molecular flexibility index (Phi) is 5.22. The summed E-state index contributed by atoms with van der Waals surface area (Å²) in [4.78, 5) is 13.7. The quantitative estimate of drug-likeness (QED) is 0.684. The molecule has 0 amide bonds. The molecule has 1 rings (SSSR count). The zero-order valence-corrected chi connectivity index (χ0v) is 10.7. The first kappa shape index (κ1) is 13.5. The number of hydrogen-bond donors (Lipinski definition) is 0. The number of rotatable bonds is 4. The molecule has 3 unspecified atom stereocenters. The van der Waals surface area contributed by atoms with E-state index in [0.29, 0.717) is 6.04 Å². The number of likely N-dealkylation sites (tertiary alicyclic amines) is 1. The van der Waals surface area contributed by atoms with Crippen molar-refractivity contribution < 1.29 is 14.3 Å². The van der Waals surface area contributed by atoms with Crippen molar-refractivity contribution in [2.24, 2.45) is 0 Å². The van der Waals surface area contributed by atoms with Gasteiger partial charge in [0.25, 0.3) is 0 Å². The van der Waals surface area contributed by atoms with Crippen LogP contribution in [-0.2, 0) is 14.3 Å². The summed E-state index contributed by atoms with van der Waals surface area (Å²) >= 11 is 0. The Hall–Kier alpha value is -0.610. The van der Waals surface area contributed by atoms with E-state index in [-0.39, 0.29) is 18.1 Å². The number of piperidine rings is 1. The number of esters is 1. The molecule has 1 aliphatic rings. The standard InChI is InChI=1S/C12H23NO3/c1-9(15-3)8-10-6-5-7-11(13(10)2)12(14)16-4/h9-11H,5-8H2,1-4H3. The Bertz CT molecular complexity index is 232. The van der Waals surface area contributed by atoms with Gasteiger partial charge in [-0.05, 0) is 39.7 Å². The Morgan fingerprint density at radius 1 is 1.44 bits per heavy atom. The summed E-state index contributed by atoms with van der Waals surface area (Å²) in [6.45, 7) is 2.07. The molecule has 0 spiro atoms. The zero-order chi connectivity index (χ0) is 12.1. The minimum absolute atomic E-state index is 0.0761. The van der Waals surface area contributed by atoms with Gasteiger partial charge in [-0.15, -0.1) is 0 Å². The molecule has 0 bridgehead atoms. The van der Waals surface area contributed by atoms with Crippen molar-refractivity contribution in [3.63, 3.8) is 0 Å². The molecule has 4 heteroatoms. The van der Waals surface area contributed by atoms with E-state index in [1.54, 1.807) is 7.11 Å². The Morgan fingerprint density at radius 3 is 2.69 bits per heavy atom. The molecule has 0 aromatic heterocycles. The molecule has 3 atom stereocenters. The van der Waals surface area contributed by atoms with Crippen LogP contribution in [0.4, 0.5) is 0 Å². The van der Waals surface area contributed by atoms with Gasteiger partial charge in [0.05, 0.1) is 13.2 Å². The first-order chi connectivity index (χ1) is 7.60. The van der Waals surface area contributed by atoms with Crippen LogP contribution in [0, 0.1) is 0 Å². The summed E-state index contributed by atoms with van der Waals surface area (Å²) < 4.78 is 10.1. The largest absolute Gasteiger partial charge is 0.468 e. The number of nitrogens with zero attached hydrogens (tertiary/aromatic N) is 1. The van der Waals surface area contributed by atoms with E-state index in [2.05, 4.69) is 11.8 Å². The third kappa shape index (κ3) is 3.19. The normalized spacial score (nSPS) is 28.8. The molecule has 0 saturated carbocycles. The molecule has 16 heavy (non-hydrogen) atoms. The van der Waals surface area contributed by atoms with E-state index in [9.17, 15) is 4.79 Å². The molecule has 0 aliphatic carbocycles. The predicted molar refractivity (Wildman–Crippen MR) is 62.3 cm³/mol. The molecule has 0 aromatic carbocycles. The van der Waals surface area contributed by atoms with E-state index in [1.807, 2.05) is 7.05 Å². The summed E-state index contributed by atoms with van der Waals surface area (Å²) in [6.07, 6.45) is 4.34. The average Bonchev–Trinajstić information content (AvgIpc) is 2.30. The van der Waals surface area contributed by atoms with Crippen molar-refractivity contribution in [2.75, 3.05) is 21.3 Å². The van der Waals surface area contributed by atoms with Gasteiger partial charge in [0, 0.05) is 13.2 Å². The van der Waals surface area contributed by atoms with Crippen molar-refractivity contribution in [2.45, 2.75) is 50.8 Å². The van der Waals surface area contributed by atoms with Gasteiger partial charge in [-0.3, -0.25) is 9.69 Å². The van der Waals surface area contributed by atoms with E-state index in [0.717, 1.165) is 25.7 Å². The second-order valence-corrected chi connectivity index (χ2v) is 4.57. The van der Waals surface area contributed by atoms with Gasteiger partial charge in [-0.1, -0.05) is 0 Å². The highest BCUT2D eigenvalue weighted by molar-refractivity contribution is 5.75.